The van der Waals surface area contributed by atoms with Crippen molar-refractivity contribution in [2.75, 3.05) is 32.8 Å². The lowest BCUT2D eigenvalue weighted by Gasteiger charge is -2.26. The minimum absolute atomic E-state index is 0.0462. The fourth-order valence-electron chi connectivity index (χ4n) is 4.58. The van der Waals surface area contributed by atoms with E-state index in [0.29, 0.717) is 56.6 Å². The van der Waals surface area contributed by atoms with E-state index in [4.69, 9.17) is 4.74 Å². The molecule has 240 valence electrons. The van der Waals surface area contributed by atoms with E-state index in [1.807, 2.05) is 13.8 Å². The van der Waals surface area contributed by atoms with Crippen molar-refractivity contribution in [3.63, 3.8) is 0 Å². The molecule has 13 nitrogen and oxygen atoms in total. The summed E-state index contributed by atoms with van der Waals surface area (Å²) in [6.07, 6.45) is -0.634. The number of benzene rings is 1. The highest BCUT2D eigenvalue weighted by Gasteiger charge is 2.30. The number of hydrogen-bond donors (Lipinski definition) is 6. The van der Waals surface area contributed by atoms with E-state index >= 15 is 0 Å². The SMILES string of the molecule is CC(C)C[C@H]1NC(=O)Cc2cccc(c2)OCC(=O)NCCCN(C(=O)[C@@H](C)O)CCCCNC(=O)[C@H]([C@@H](C)O)NC1=O. The summed E-state index contributed by atoms with van der Waals surface area (Å²) in [6, 6.07) is 4.54. The zero-order valence-corrected chi connectivity index (χ0v) is 25.6. The number of carbonyl (C=O) groups excluding carboxylic acids is 5. The summed E-state index contributed by atoms with van der Waals surface area (Å²) < 4.78 is 5.59. The number of amides is 5. The quantitative estimate of drug-likeness (QED) is 0.268. The van der Waals surface area contributed by atoms with Gasteiger partial charge in [-0.25, -0.2) is 0 Å². The van der Waals surface area contributed by atoms with Gasteiger partial charge in [0.1, 0.15) is 23.9 Å². The van der Waals surface area contributed by atoms with Crippen molar-refractivity contribution in [2.45, 2.75) is 84.1 Å². The lowest BCUT2D eigenvalue weighted by Crippen LogP contribution is -2.57. The Morgan fingerprint density at radius 2 is 1.63 bits per heavy atom. The van der Waals surface area contributed by atoms with Crippen LogP contribution in [0, 0.1) is 5.92 Å². The van der Waals surface area contributed by atoms with Gasteiger partial charge in [-0.2, -0.15) is 0 Å². The minimum atomic E-state index is -1.23. The molecule has 0 saturated heterocycles. The molecule has 0 spiro atoms. The molecule has 0 radical (unpaired) electrons. The molecular formula is C30H47N5O8. The summed E-state index contributed by atoms with van der Waals surface area (Å²) in [5.41, 5.74) is 0.609. The number of rotatable bonds is 4. The van der Waals surface area contributed by atoms with Gasteiger partial charge in [0.25, 0.3) is 11.8 Å². The first kappa shape index (κ1) is 35.5. The van der Waals surface area contributed by atoms with Crippen molar-refractivity contribution >= 4 is 29.5 Å². The number of nitrogens with one attached hydrogen (secondary N) is 4. The molecule has 0 saturated carbocycles. The average Bonchev–Trinajstić information content (AvgIpc) is 2.93. The van der Waals surface area contributed by atoms with Gasteiger partial charge in [-0.3, -0.25) is 24.0 Å². The number of carbonyl (C=O) groups is 5. The maximum atomic E-state index is 13.2. The third kappa shape index (κ3) is 13.0. The molecule has 5 amide bonds. The molecule has 2 rings (SSSR count). The third-order valence-electron chi connectivity index (χ3n) is 6.80. The van der Waals surface area contributed by atoms with Crippen LogP contribution in [0.15, 0.2) is 24.3 Å². The van der Waals surface area contributed by atoms with Crippen LogP contribution in [0.2, 0.25) is 0 Å². The molecule has 1 heterocycles. The average molecular weight is 606 g/mol. The van der Waals surface area contributed by atoms with E-state index in [1.165, 1.54) is 18.7 Å². The van der Waals surface area contributed by atoms with Gasteiger partial charge >= 0.3 is 0 Å². The zero-order chi connectivity index (χ0) is 31.9. The predicted octanol–water partition coefficient (Wildman–Crippen LogP) is -0.370. The Bertz CT molecular complexity index is 1090. The van der Waals surface area contributed by atoms with Gasteiger partial charge in [0.05, 0.1) is 12.5 Å². The number of aliphatic hydroxyl groups is 2. The predicted molar refractivity (Wildman–Crippen MR) is 159 cm³/mol. The summed E-state index contributed by atoms with van der Waals surface area (Å²) >= 11 is 0. The molecular weight excluding hydrogens is 558 g/mol. The third-order valence-corrected chi connectivity index (χ3v) is 6.80. The Kier molecular flexibility index (Phi) is 14.9. The topological polar surface area (TPSA) is 186 Å². The van der Waals surface area contributed by atoms with Crippen molar-refractivity contribution in [1.82, 2.24) is 26.2 Å². The highest BCUT2D eigenvalue weighted by molar-refractivity contribution is 5.92. The van der Waals surface area contributed by atoms with Crippen LogP contribution < -0.4 is 26.0 Å². The first-order valence-corrected chi connectivity index (χ1v) is 14.9. The summed E-state index contributed by atoms with van der Waals surface area (Å²) in [6.45, 7) is 7.53. The molecule has 0 aliphatic carbocycles. The van der Waals surface area contributed by atoms with Crippen molar-refractivity contribution in [3.8, 4) is 5.75 Å². The van der Waals surface area contributed by atoms with Gasteiger partial charge in [0.15, 0.2) is 6.61 Å². The van der Waals surface area contributed by atoms with Crippen LogP contribution in [0.4, 0.5) is 0 Å². The molecule has 1 aromatic carbocycles. The number of aliphatic hydroxyl groups excluding tert-OH is 2. The van der Waals surface area contributed by atoms with Crippen LogP contribution in [0.3, 0.4) is 0 Å². The van der Waals surface area contributed by atoms with E-state index in [1.54, 1.807) is 24.3 Å². The number of ether oxygens (including phenoxy) is 1. The lowest BCUT2D eigenvalue weighted by atomic mass is 10.0. The molecule has 1 aromatic rings. The van der Waals surface area contributed by atoms with Crippen molar-refractivity contribution in [3.05, 3.63) is 29.8 Å². The van der Waals surface area contributed by atoms with Crippen molar-refractivity contribution in [2.24, 2.45) is 5.92 Å². The lowest BCUT2D eigenvalue weighted by molar-refractivity contribution is -0.139. The van der Waals surface area contributed by atoms with Crippen LogP contribution in [-0.2, 0) is 30.4 Å². The van der Waals surface area contributed by atoms with Gasteiger partial charge in [0, 0.05) is 26.2 Å². The summed E-state index contributed by atoms with van der Waals surface area (Å²) in [7, 11) is 0. The Labute approximate surface area is 253 Å². The zero-order valence-electron chi connectivity index (χ0n) is 25.6. The Hall–Kier alpha value is -3.71. The van der Waals surface area contributed by atoms with Crippen LogP contribution >= 0.6 is 0 Å². The first-order chi connectivity index (χ1) is 20.4. The van der Waals surface area contributed by atoms with E-state index < -0.39 is 47.9 Å². The Morgan fingerprint density at radius 3 is 2.30 bits per heavy atom. The van der Waals surface area contributed by atoms with E-state index in [2.05, 4.69) is 21.3 Å². The van der Waals surface area contributed by atoms with Crippen LogP contribution in [0.25, 0.3) is 0 Å². The number of nitrogens with zero attached hydrogens (tertiary/aromatic N) is 1. The maximum absolute atomic E-state index is 13.2. The molecule has 4 atom stereocenters. The minimum Gasteiger partial charge on any atom is -0.484 e. The second kappa shape index (κ2) is 18.1. The molecule has 43 heavy (non-hydrogen) atoms. The van der Waals surface area contributed by atoms with Crippen LogP contribution in [0.5, 0.6) is 5.75 Å². The van der Waals surface area contributed by atoms with E-state index in [0.717, 1.165) is 0 Å². The summed E-state index contributed by atoms with van der Waals surface area (Å²) in [4.78, 5) is 65.3. The Morgan fingerprint density at radius 1 is 0.930 bits per heavy atom. The standard InChI is InChI=1S/C30H47N5O8/c1-19(2)15-24-28(40)34-27(20(3)36)29(41)32-11-5-6-13-35(30(42)21(4)37)14-8-12-31-26(39)18-43-23-10-7-9-22(16-23)17-25(38)33-24/h7,9-10,16,19-21,24,27,36-37H,5-6,8,11-15,17-18H2,1-4H3,(H,31,39)(H,32,41)(H,33,38)(H,34,40)/t20-,21-,24-,27+/m1/s1. The fraction of sp³-hybridized carbons (Fsp3) is 0.633. The fourth-order valence-corrected chi connectivity index (χ4v) is 4.58. The van der Waals surface area contributed by atoms with E-state index in [-0.39, 0.29) is 31.4 Å². The highest BCUT2D eigenvalue weighted by atomic mass is 16.5. The second-order valence-electron chi connectivity index (χ2n) is 11.3. The van der Waals surface area contributed by atoms with Crippen molar-refractivity contribution in [1.29, 1.82) is 0 Å². The smallest absolute Gasteiger partial charge is 0.257 e. The van der Waals surface area contributed by atoms with Gasteiger partial charge in [-0.15, -0.1) is 0 Å². The molecule has 1 aliphatic rings. The van der Waals surface area contributed by atoms with Gasteiger partial charge in [-0.1, -0.05) is 26.0 Å². The van der Waals surface area contributed by atoms with Crippen LogP contribution in [0.1, 0.15) is 58.9 Å². The molecule has 13 heteroatoms. The van der Waals surface area contributed by atoms with Gasteiger partial charge in [0.2, 0.25) is 17.7 Å². The molecule has 2 bridgehead atoms. The van der Waals surface area contributed by atoms with Gasteiger partial charge < -0.3 is 41.1 Å². The molecule has 1 aliphatic heterocycles. The monoisotopic (exact) mass is 605 g/mol. The summed E-state index contributed by atoms with van der Waals surface area (Å²) in [5.74, 6) is -1.91. The van der Waals surface area contributed by atoms with Gasteiger partial charge in [-0.05, 0) is 63.1 Å². The molecule has 0 aromatic heterocycles. The maximum Gasteiger partial charge on any atom is 0.257 e. The Balaban J connectivity index is 2.22. The number of hydrogen-bond acceptors (Lipinski definition) is 8. The number of fused-ring (bicyclic) bond motifs is 2. The second-order valence-corrected chi connectivity index (χ2v) is 11.3. The highest BCUT2D eigenvalue weighted by Crippen LogP contribution is 2.14. The largest absolute Gasteiger partial charge is 0.484 e. The molecule has 0 fully saturated rings. The summed E-state index contributed by atoms with van der Waals surface area (Å²) in [5, 5.41) is 30.8. The normalized spacial score (nSPS) is 22.2. The molecule has 0 unspecified atom stereocenters. The van der Waals surface area contributed by atoms with Crippen LogP contribution in [-0.4, -0.2) is 102 Å². The van der Waals surface area contributed by atoms with Crippen molar-refractivity contribution < 1.29 is 38.9 Å². The molecule has 6 N–H and O–H groups in total. The first-order valence-electron chi connectivity index (χ1n) is 14.9. The van der Waals surface area contributed by atoms with E-state index in [9.17, 15) is 34.2 Å².